The molecule has 0 radical (unpaired) electrons. The topological polar surface area (TPSA) is 100 Å². The summed E-state index contributed by atoms with van der Waals surface area (Å²) in [6.45, 7) is 2.12. The number of carbonyl (C=O) groups is 1. The molecule has 0 aliphatic heterocycles. The largest absolute Gasteiger partial charge is 0.383 e. The van der Waals surface area contributed by atoms with E-state index in [9.17, 15) is 18.8 Å². The molecule has 0 bridgehead atoms. The Morgan fingerprint density at radius 3 is 2.57 bits per heavy atom. The molecule has 9 nitrogen and oxygen atoms in total. The molecule has 2 aromatic heterocycles. The van der Waals surface area contributed by atoms with Gasteiger partial charge in [-0.25, -0.2) is 18.7 Å². The average Bonchev–Trinajstić information content (AvgIpc) is 3.28. The van der Waals surface area contributed by atoms with Gasteiger partial charge in [0.05, 0.1) is 19.5 Å². The number of methoxy groups -OCH3 is 1. The molecular formula is C25H26FN5O4. The first-order valence-electron chi connectivity index (χ1n) is 11.1. The van der Waals surface area contributed by atoms with Gasteiger partial charge >= 0.3 is 5.69 Å². The Kier molecular flexibility index (Phi) is 7.21. The summed E-state index contributed by atoms with van der Waals surface area (Å²) in [6, 6.07) is 14.0. The molecule has 0 saturated heterocycles. The fraction of sp³-hybridized carbons (Fsp3) is 0.280. The summed E-state index contributed by atoms with van der Waals surface area (Å²) in [6.07, 6.45) is 1.49. The zero-order chi connectivity index (χ0) is 24.9. The molecule has 0 spiro atoms. The lowest BCUT2D eigenvalue weighted by molar-refractivity contribution is -0.121. The number of aromatic nitrogens is 4. The fourth-order valence-corrected chi connectivity index (χ4v) is 3.79. The van der Waals surface area contributed by atoms with Crippen molar-refractivity contribution in [3.8, 4) is 0 Å². The first-order valence-corrected chi connectivity index (χ1v) is 11.1. The van der Waals surface area contributed by atoms with E-state index in [-0.39, 0.29) is 30.1 Å². The minimum Gasteiger partial charge on any atom is -0.383 e. The van der Waals surface area contributed by atoms with Crippen LogP contribution in [0, 0.1) is 12.7 Å². The summed E-state index contributed by atoms with van der Waals surface area (Å²) >= 11 is 0. The molecule has 1 N–H and O–H groups in total. The number of fused-ring (bicyclic) bond motifs is 1. The van der Waals surface area contributed by atoms with Gasteiger partial charge in [-0.05, 0) is 29.7 Å². The maximum atomic E-state index is 13.8. The third kappa shape index (κ3) is 5.22. The van der Waals surface area contributed by atoms with Crippen LogP contribution in [0.1, 0.15) is 16.7 Å². The summed E-state index contributed by atoms with van der Waals surface area (Å²) in [5.41, 5.74) is 1.13. The van der Waals surface area contributed by atoms with E-state index in [1.54, 1.807) is 30.7 Å². The number of aryl methyl sites for hydroxylation is 1. The molecule has 2 aromatic carbocycles. The summed E-state index contributed by atoms with van der Waals surface area (Å²) in [5.74, 6) is -0.912. The molecule has 35 heavy (non-hydrogen) atoms. The molecule has 0 atom stereocenters. The number of amides is 1. The smallest absolute Gasteiger partial charge is 0.333 e. The number of benzene rings is 2. The predicted octanol–water partition coefficient (Wildman–Crippen LogP) is 1.82. The standard InChI is InChI=1S/C25H26FN5O4/c1-17-8-9-19(12-20(17)26)13-27-21(32)15-31-24(33)22-23(28-16-29(22)10-11-35-2)30(25(31)34)14-18-6-4-3-5-7-18/h3-9,12,16H,10-11,13-15H2,1-2H3,(H,27,32). The SMILES string of the molecule is COCCn1cnc2c1c(=O)n(CC(=O)NCc1ccc(C)c(F)c1)c(=O)n2Cc1ccccc1. The maximum absolute atomic E-state index is 13.8. The lowest BCUT2D eigenvalue weighted by Crippen LogP contribution is -2.44. The van der Waals surface area contributed by atoms with Gasteiger partial charge in [-0.15, -0.1) is 0 Å². The third-order valence-electron chi connectivity index (χ3n) is 5.73. The van der Waals surface area contributed by atoms with Gasteiger partial charge in [-0.3, -0.25) is 14.2 Å². The minimum atomic E-state index is -0.639. The van der Waals surface area contributed by atoms with Gasteiger partial charge in [0.2, 0.25) is 5.91 Å². The van der Waals surface area contributed by atoms with Crippen molar-refractivity contribution in [3.05, 3.63) is 98.2 Å². The monoisotopic (exact) mass is 479 g/mol. The van der Waals surface area contributed by atoms with Crippen LogP contribution >= 0.6 is 0 Å². The van der Waals surface area contributed by atoms with E-state index in [1.165, 1.54) is 17.0 Å². The Morgan fingerprint density at radius 2 is 1.86 bits per heavy atom. The molecule has 0 fully saturated rings. The van der Waals surface area contributed by atoms with E-state index in [0.717, 1.165) is 10.1 Å². The normalized spacial score (nSPS) is 11.2. The second-order valence-electron chi connectivity index (χ2n) is 8.21. The molecule has 4 rings (SSSR count). The second kappa shape index (κ2) is 10.5. The van der Waals surface area contributed by atoms with Crippen molar-refractivity contribution in [2.75, 3.05) is 13.7 Å². The van der Waals surface area contributed by atoms with E-state index in [4.69, 9.17) is 4.74 Å². The molecule has 2 heterocycles. The van der Waals surface area contributed by atoms with Crippen molar-refractivity contribution in [2.24, 2.45) is 0 Å². The Balaban J connectivity index is 1.68. The van der Waals surface area contributed by atoms with Crippen molar-refractivity contribution in [1.29, 1.82) is 0 Å². The maximum Gasteiger partial charge on any atom is 0.333 e. The zero-order valence-electron chi connectivity index (χ0n) is 19.5. The average molecular weight is 480 g/mol. The third-order valence-corrected chi connectivity index (χ3v) is 5.73. The molecule has 182 valence electrons. The first-order chi connectivity index (χ1) is 16.9. The van der Waals surface area contributed by atoms with Crippen LogP contribution in [0.5, 0.6) is 0 Å². The lowest BCUT2D eigenvalue weighted by atomic mass is 10.1. The number of carbonyl (C=O) groups excluding carboxylic acids is 1. The van der Waals surface area contributed by atoms with Crippen LogP contribution in [0.4, 0.5) is 4.39 Å². The molecule has 0 unspecified atom stereocenters. The summed E-state index contributed by atoms with van der Waals surface area (Å²) in [4.78, 5) is 43.7. The quantitative estimate of drug-likeness (QED) is 0.395. The lowest BCUT2D eigenvalue weighted by Gasteiger charge is -2.13. The fourth-order valence-electron chi connectivity index (χ4n) is 3.79. The van der Waals surface area contributed by atoms with Crippen LogP contribution in [0.25, 0.3) is 11.2 Å². The molecular weight excluding hydrogens is 453 g/mol. The number of nitrogens with one attached hydrogen (secondary N) is 1. The molecule has 0 aliphatic rings. The number of hydrogen-bond acceptors (Lipinski definition) is 5. The highest BCUT2D eigenvalue weighted by Gasteiger charge is 2.20. The Bertz CT molecular complexity index is 1470. The minimum absolute atomic E-state index is 0.0665. The van der Waals surface area contributed by atoms with Gasteiger partial charge in [-0.1, -0.05) is 42.5 Å². The highest BCUT2D eigenvalue weighted by atomic mass is 19.1. The van der Waals surface area contributed by atoms with Crippen molar-refractivity contribution in [2.45, 2.75) is 33.1 Å². The number of imidazole rings is 1. The van der Waals surface area contributed by atoms with E-state index >= 15 is 0 Å². The number of rotatable bonds is 9. The van der Waals surface area contributed by atoms with Crippen LogP contribution in [-0.4, -0.2) is 38.3 Å². The Morgan fingerprint density at radius 1 is 1.09 bits per heavy atom. The highest BCUT2D eigenvalue weighted by molar-refractivity contribution is 5.76. The van der Waals surface area contributed by atoms with E-state index in [0.29, 0.717) is 24.3 Å². The number of nitrogens with zero attached hydrogens (tertiary/aromatic N) is 4. The molecule has 0 aliphatic carbocycles. The molecule has 4 aromatic rings. The highest BCUT2D eigenvalue weighted by Crippen LogP contribution is 2.11. The van der Waals surface area contributed by atoms with Crippen LogP contribution in [0.3, 0.4) is 0 Å². The van der Waals surface area contributed by atoms with Crippen LogP contribution < -0.4 is 16.6 Å². The van der Waals surface area contributed by atoms with Crippen molar-refractivity contribution in [3.63, 3.8) is 0 Å². The van der Waals surface area contributed by atoms with Crippen molar-refractivity contribution >= 4 is 17.1 Å². The van der Waals surface area contributed by atoms with Gasteiger partial charge in [0, 0.05) is 20.2 Å². The number of ether oxygens (including phenoxy) is 1. The van der Waals surface area contributed by atoms with Crippen molar-refractivity contribution in [1.82, 2.24) is 24.0 Å². The zero-order valence-corrected chi connectivity index (χ0v) is 19.5. The Labute approximate surface area is 200 Å². The van der Waals surface area contributed by atoms with Crippen LogP contribution in [-0.2, 0) is 35.7 Å². The van der Waals surface area contributed by atoms with E-state index in [1.807, 2.05) is 30.3 Å². The van der Waals surface area contributed by atoms with Gasteiger partial charge in [0.25, 0.3) is 5.56 Å². The summed E-state index contributed by atoms with van der Waals surface area (Å²) in [5, 5.41) is 2.65. The van der Waals surface area contributed by atoms with Gasteiger partial charge in [0.1, 0.15) is 12.4 Å². The van der Waals surface area contributed by atoms with E-state index < -0.39 is 23.7 Å². The number of hydrogen-bond donors (Lipinski definition) is 1. The Hall–Kier alpha value is -4.05. The van der Waals surface area contributed by atoms with Crippen LogP contribution in [0.15, 0.2) is 64.4 Å². The van der Waals surface area contributed by atoms with Gasteiger partial charge in [0.15, 0.2) is 11.2 Å². The van der Waals surface area contributed by atoms with Crippen LogP contribution in [0.2, 0.25) is 0 Å². The second-order valence-corrected chi connectivity index (χ2v) is 8.21. The van der Waals surface area contributed by atoms with Crippen molar-refractivity contribution < 1.29 is 13.9 Å². The number of halogens is 1. The molecule has 0 saturated carbocycles. The predicted molar refractivity (Wildman–Crippen MR) is 129 cm³/mol. The summed E-state index contributed by atoms with van der Waals surface area (Å²) < 4.78 is 22.8. The molecule has 10 heteroatoms. The van der Waals surface area contributed by atoms with Gasteiger partial charge < -0.3 is 14.6 Å². The summed E-state index contributed by atoms with van der Waals surface area (Å²) in [7, 11) is 1.55. The first kappa shape index (κ1) is 24.1. The molecule has 1 amide bonds. The van der Waals surface area contributed by atoms with E-state index in [2.05, 4.69) is 10.3 Å². The van der Waals surface area contributed by atoms with Gasteiger partial charge in [-0.2, -0.15) is 0 Å².